The second-order valence-corrected chi connectivity index (χ2v) is 10.8. The Morgan fingerprint density at radius 1 is 0.975 bits per heavy atom. The molecule has 2 heterocycles. The molecule has 5 rings (SSSR count). The second-order valence-electron chi connectivity index (χ2n) is 10.8. The summed E-state index contributed by atoms with van der Waals surface area (Å²) in [6.07, 6.45) is 6.33. The predicted octanol–water partition coefficient (Wildman–Crippen LogP) is 6.32. The molecule has 1 amide bonds. The van der Waals surface area contributed by atoms with Gasteiger partial charge in [-0.05, 0) is 68.9 Å². The van der Waals surface area contributed by atoms with Crippen LogP contribution in [-0.2, 0) is 10.2 Å². The second kappa shape index (κ2) is 12.4. The van der Waals surface area contributed by atoms with Gasteiger partial charge in [-0.25, -0.2) is 0 Å². The number of piperidine rings is 1. The molecule has 0 saturated carbocycles. The molecule has 7 nitrogen and oxygen atoms in total. The highest BCUT2D eigenvalue weighted by atomic mass is 16.6. The van der Waals surface area contributed by atoms with Crippen molar-refractivity contribution in [2.24, 2.45) is 4.99 Å². The summed E-state index contributed by atoms with van der Waals surface area (Å²) in [4.78, 5) is 31.7. The van der Waals surface area contributed by atoms with Gasteiger partial charge in [-0.15, -0.1) is 0 Å². The number of likely N-dealkylation sites (tertiary alicyclic amines) is 1. The Hall–Kier alpha value is -4.10. The van der Waals surface area contributed by atoms with Gasteiger partial charge in [-0.3, -0.25) is 19.9 Å². The normalized spacial score (nSPS) is 18.9. The van der Waals surface area contributed by atoms with E-state index in [1.54, 1.807) is 23.2 Å². The Morgan fingerprint density at radius 3 is 2.12 bits per heavy atom. The molecule has 1 unspecified atom stereocenters. The van der Waals surface area contributed by atoms with Crippen molar-refractivity contribution in [1.82, 2.24) is 9.80 Å². The van der Waals surface area contributed by atoms with Crippen molar-refractivity contribution in [3.8, 4) is 0 Å². The van der Waals surface area contributed by atoms with E-state index in [1.807, 2.05) is 6.92 Å². The van der Waals surface area contributed by atoms with Crippen molar-refractivity contribution in [3.63, 3.8) is 0 Å². The van der Waals surface area contributed by atoms with E-state index in [2.05, 4.69) is 70.6 Å². The number of nitro benzene ring substituents is 1. The summed E-state index contributed by atoms with van der Waals surface area (Å²) in [6.45, 7) is 5.50. The van der Waals surface area contributed by atoms with E-state index >= 15 is 0 Å². The van der Waals surface area contributed by atoms with Crippen LogP contribution in [0.25, 0.3) is 0 Å². The fraction of sp³-hybridized carbons (Fsp3) is 0.333. The third kappa shape index (κ3) is 5.89. The molecule has 1 saturated heterocycles. The smallest absolute Gasteiger partial charge is 0.269 e. The average Bonchev–Trinajstić information content (AvgIpc) is 3.01. The zero-order valence-electron chi connectivity index (χ0n) is 23.0. The number of carbonyl (C=O) groups excluding carboxylic acids is 1. The van der Waals surface area contributed by atoms with Gasteiger partial charge >= 0.3 is 0 Å². The number of hydrogen-bond donors (Lipinski definition) is 0. The molecule has 0 aliphatic carbocycles. The summed E-state index contributed by atoms with van der Waals surface area (Å²) >= 11 is 0. The fourth-order valence-electron chi connectivity index (χ4n) is 6.23. The number of amides is 1. The average molecular weight is 537 g/mol. The fourth-order valence-corrected chi connectivity index (χ4v) is 6.23. The molecule has 0 aromatic heterocycles. The standard InChI is InChI=1S/C33H36N4O3/c1-26-23-31(27-13-15-30(16-14-27)37(39)40)32(24-34-26)36(25-38)20-8-19-35-21-17-33(18-22-35,28-9-4-2-5-10-28)29-11-6-3-7-12-29/h2-7,9-16,24-25,31H,8,17-23H2,1H3. The van der Waals surface area contributed by atoms with Gasteiger partial charge in [-0.2, -0.15) is 0 Å². The molecule has 1 atom stereocenters. The van der Waals surface area contributed by atoms with E-state index in [-0.39, 0.29) is 17.0 Å². The molecule has 7 heteroatoms. The Labute approximate surface area is 236 Å². The first-order chi connectivity index (χ1) is 19.5. The van der Waals surface area contributed by atoms with Gasteiger partial charge in [0.05, 0.1) is 4.92 Å². The number of non-ortho nitro benzene ring substituents is 1. The van der Waals surface area contributed by atoms with E-state index < -0.39 is 4.92 Å². The molecule has 206 valence electrons. The lowest BCUT2D eigenvalue weighted by molar-refractivity contribution is -0.384. The first-order valence-electron chi connectivity index (χ1n) is 14.0. The van der Waals surface area contributed by atoms with Crippen LogP contribution in [0.15, 0.2) is 102 Å². The number of nitro groups is 1. The van der Waals surface area contributed by atoms with Gasteiger partial charge in [0.1, 0.15) is 0 Å². The number of rotatable bonds is 10. The van der Waals surface area contributed by atoms with E-state index in [0.717, 1.165) is 62.3 Å². The molecular weight excluding hydrogens is 500 g/mol. The topological polar surface area (TPSA) is 79.0 Å². The largest absolute Gasteiger partial charge is 0.317 e. The summed E-state index contributed by atoms with van der Waals surface area (Å²) < 4.78 is 0. The highest BCUT2D eigenvalue weighted by molar-refractivity contribution is 5.85. The van der Waals surface area contributed by atoms with Crippen LogP contribution in [0.4, 0.5) is 5.69 Å². The minimum atomic E-state index is -0.393. The monoisotopic (exact) mass is 536 g/mol. The molecule has 0 spiro atoms. The molecule has 2 aliphatic heterocycles. The molecule has 3 aromatic rings. The quantitative estimate of drug-likeness (QED) is 0.173. The number of allylic oxidation sites excluding steroid dienone is 1. The van der Waals surface area contributed by atoms with Gasteiger partial charge in [0.15, 0.2) is 0 Å². The summed E-state index contributed by atoms with van der Waals surface area (Å²) in [6, 6.07) is 28.4. The lowest BCUT2D eigenvalue weighted by Crippen LogP contribution is -2.44. The van der Waals surface area contributed by atoms with Crippen LogP contribution in [0.2, 0.25) is 0 Å². The molecule has 0 bridgehead atoms. The minimum absolute atomic E-state index is 0.0224. The maximum Gasteiger partial charge on any atom is 0.269 e. The maximum absolute atomic E-state index is 12.2. The van der Waals surface area contributed by atoms with E-state index in [1.165, 1.54) is 23.3 Å². The first-order valence-corrected chi connectivity index (χ1v) is 14.0. The third-order valence-electron chi connectivity index (χ3n) is 8.47. The van der Waals surface area contributed by atoms with Crippen LogP contribution >= 0.6 is 0 Å². The zero-order valence-corrected chi connectivity index (χ0v) is 23.0. The van der Waals surface area contributed by atoms with Crippen molar-refractivity contribution in [2.45, 2.75) is 43.9 Å². The lowest BCUT2D eigenvalue weighted by Gasteiger charge is -2.43. The number of carbonyl (C=O) groups is 1. The Bertz CT molecular complexity index is 1320. The number of nitrogens with zero attached hydrogens (tertiary/aromatic N) is 4. The van der Waals surface area contributed by atoms with Crippen LogP contribution in [-0.4, -0.2) is 53.0 Å². The number of benzene rings is 3. The van der Waals surface area contributed by atoms with Crippen LogP contribution in [0, 0.1) is 10.1 Å². The molecule has 0 radical (unpaired) electrons. The number of aliphatic imine (C=N–C) groups is 1. The highest BCUT2D eigenvalue weighted by Crippen LogP contribution is 2.41. The van der Waals surface area contributed by atoms with Gasteiger partial charge < -0.3 is 9.80 Å². The Kier molecular flexibility index (Phi) is 8.51. The van der Waals surface area contributed by atoms with E-state index in [9.17, 15) is 14.9 Å². The zero-order chi connectivity index (χ0) is 28.0. The van der Waals surface area contributed by atoms with Crippen molar-refractivity contribution < 1.29 is 9.72 Å². The van der Waals surface area contributed by atoms with Gasteiger partial charge in [0.25, 0.3) is 5.69 Å². The Balaban J connectivity index is 1.23. The molecular formula is C33H36N4O3. The molecule has 0 N–H and O–H groups in total. The van der Waals surface area contributed by atoms with Crippen molar-refractivity contribution in [3.05, 3.63) is 124 Å². The SMILES string of the molecule is CC1=NC=C(N(C=O)CCCN2CCC(c3ccccc3)(c3ccccc3)CC2)C(c2ccc([N+](=O)[O-])cc2)C1. The van der Waals surface area contributed by atoms with Gasteiger partial charge in [-0.1, -0.05) is 72.8 Å². The van der Waals surface area contributed by atoms with Crippen LogP contribution in [0.5, 0.6) is 0 Å². The van der Waals surface area contributed by atoms with Crippen LogP contribution in [0.3, 0.4) is 0 Å². The lowest BCUT2D eigenvalue weighted by atomic mass is 9.68. The Morgan fingerprint density at radius 2 is 1.57 bits per heavy atom. The van der Waals surface area contributed by atoms with Gasteiger partial charge in [0.2, 0.25) is 6.41 Å². The van der Waals surface area contributed by atoms with Crippen molar-refractivity contribution in [2.75, 3.05) is 26.2 Å². The molecule has 2 aliphatic rings. The summed E-state index contributed by atoms with van der Waals surface area (Å²) in [5.41, 5.74) is 5.62. The molecule has 1 fully saturated rings. The molecule has 40 heavy (non-hydrogen) atoms. The van der Waals surface area contributed by atoms with Crippen LogP contribution in [0.1, 0.15) is 55.2 Å². The first kappa shape index (κ1) is 27.5. The minimum Gasteiger partial charge on any atom is -0.317 e. The van der Waals surface area contributed by atoms with E-state index in [0.29, 0.717) is 13.0 Å². The van der Waals surface area contributed by atoms with Crippen LogP contribution < -0.4 is 0 Å². The highest BCUT2D eigenvalue weighted by Gasteiger charge is 2.37. The molecule has 3 aromatic carbocycles. The van der Waals surface area contributed by atoms with Gasteiger partial charge in [0, 0.05) is 47.6 Å². The summed E-state index contributed by atoms with van der Waals surface area (Å²) in [5.74, 6) is -0.0594. The van der Waals surface area contributed by atoms with Crippen molar-refractivity contribution >= 4 is 17.8 Å². The summed E-state index contributed by atoms with van der Waals surface area (Å²) in [5, 5.41) is 11.1. The number of hydrogen-bond acceptors (Lipinski definition) is 5. The van der Waals surface area contributed by atoms with E-state index in [4.69, 9.17) is 0 Å². The summed E-state index contributed by atoms with van der Waals surface area (Å²) in [7, 11) is 0. The van der Waals surface area contributed by atoms with Crippen molar-refractivity contribution in [1.29, 1.82) is 0 Å². The maximum atomic E-state index is 12.2. The predicted molar refractivity (Wildman–Crippen MR) is 158 cm³/mol. The third-order valence-corrected chi connectivity index (χ3v) is 8.47.